The normalized spacial score (nSPS) is 18.4. The summed E-state index contributed by atoms with van der Waals surface area (Å²) in [5.74, 6) is 2.19. The van der Waals surface area contributed by atoms with E-state index < -0.39 is 0 Å². The summed E-state index contributed by atoms with van der Waals surface area (Å²) >= 11 is 0. The summed E-state index contributed by atoms with van der Waals surface area (Å²) in [5.41, 5.74) is 2.62. The molecule has 3 heterocycles. The van der Waals surface area contributed by atoms with Crippen LogP contribution in [0.25, 0.3) is 0 Å². The molecular formula is C21H28N4O5. The molecular weight excluding hydrogens is 388 g/mol. The molecule has 0 radical (unpaired) electrons. The third-order valence-electron chi connectivity index (χ3n) is 5.54. The minimum atomic E-state index is -0.117. The lowest BCUT2D eigenvalue weighted by Crippen LogP contribution is -2.35. The third kappa shape index (κ3) is 4.36. The Balaban J connectivity index is 1.44. The summed E-state index contributed by atoms with van der Waals surface area (Å²) < 4.78 is 21.5. The number of H-pyrrole nitrogens is 1. The van der Waals surface area contributed by atoms with Gasteiger partial charge in [0.25, 0.3) is 5.91 Å². The number of piperidine rings is 1. The predicted octanol–water partition coefficient (Wildman–Crippen LogP) is 1.90. The maximum absolute atomic E-state index is 12.5. The standard InChI is InChI=1S/C21H28N4O5/c1-27-7-5-22-21(26)16-10-23-24-19(16)15-4-3-6-25(12-15)11-14-8-17(28-2)20-18(9-14)29-13-30-20/h8-10,15H,3-7,11-13H2,1-2H3,(H,22,26)(H,23,24)/t15-/m1/s1. The number of aromatic nitrogens is 2. The van der Waals surface area contributed by atoms with Gasteiger partial charge in [-0.05, 0) is 37.1 Å². The zero-order valence-corrected chi connectivity index (χ0v) is 17.4. The highest BCUT2D eigenvalue weighted by Crippen LogP contribution is 2.42. The smallest absolute Gasteiger partial charge is 0.254 e. The van der Waals surface area contributed by atoms with Crippen molar-refractivity contribution in [3.8, 4) is 17.2 Å². The second kappa shape index (κ2) is 9.36. The molecule has 9 nitrogen and oxygen atoms in total. The SMILES string of the molecule is COCCNC(=O)c1cn[nH]c1[C@@H]1CCCN(Cc2cc(OC)c3c(c2)OCO3)C1. The molecule has 2 aliphatic rings. The van der Waals surface area contributed by atoms with Gasteiger partial charge in [0, 0.05) is 32.7 Å². The third-order valence-corrected chi connectivity index (χ3v) is 5.54. The maximum Gasteiger partial charge on any atom is 0.254 e. The minimum absolute atomic E-state index is 0.117. The molecule has 30 heavy (non-hydrogen) atoms. The molecule has 162 valence electrons. The highest BCUT2D eigenvalue weighted by Gasteiger charge is 2.28. The van der Waals surface area contributed by atoms with Crippen molar-refractivity contribution in [2.24, 2.45) is 0 Å². The van der Waals surface area contributed by atoms with E-state index in [2.05, 4.69) is 20.4 Å². The number of ether oxygens (including phenoxy) is 4. The lowest BCUT2D eigenvalue weighted by atomic mass is 9.92. The molecule has 1 amide bonds. The van der Waals surface area contributed by atoms with E-state index in [0.717, 1.165) is 49.5 Å². The molecule has 0 spiro atoms. The summed E-state index contributed by atoms with van der Waals surface area (Å²) in [6.45, 7) is 3.79. The number of methoxy groups -OCH3 is 2. The molecule has 1 aromatic heterocycles. The summed E-state index contributed by atoms with van der Waals surface area (Å²) in [6, 6.07) is 4.02. The molecule has 2 aromatic rings. The van der Waals surface area contributed by atoms with E-state index in [1.165, 1.54) is 0 Å². The molecule has 0 bridgehead atoms. The Labute approximate surface area is 175 Å². The van der Waals surface area contributed by atoms with Gasteiger partial charge in [-0.2, -0.15) is 5.10 Å². The molecule has 0 unspecified atom stereocenters. The van der Waals surface area contributed by atoms with Crippen molar-refractivity contribution in [1.29, 1.82) is 0 Å². The molecule has 1 saturated heterocycles. The van der Waals surface area contributed by atoms with Crippen LogP contribution in [0.1, 0.15) is 40.4 Å². The van der Waals surface area contributed by atoms with Crippen molar-refractivity contribution in [2.75, 3.05) is 47.3 Å². The topological polar surface area (TPSA) is 97.9 Å². The summed E-state index contributed by atoms with van der Waals surface area (Å²) in [6.07, 6.45) is 3.68. The van der Waals surface area contributed by atoms with Crippen LogP contribution in [0.2, 0.25) is 0 Å². The van der Waals surface area contributed by atoms with E-state index in [1.807, 2.05) is 12.1 Å². The number of amides is 1. The minimum Gasteiger partial charge on any atom is -0.493 e. The number of hydrogen-bond acceptors (Lipinski definition) is 7. The van der Waals surface area contributed by atoms with Gasteiger partial charge in [0.2, 0.25) is 12.5 Å². The Morgan fingerprint density at radius 3 is 3.10 bits per heavy atom. The number of carbonyl (C=O) groups is 1. The van der Waals surface area contributed by atoms with E-state index in [4.69, 9.17) is 18.9 Å². The van der Waals surface area contributed by atoms with E-state index >= 15 is 0 Å². The first kappa shape index (κ1) is 20.5. The number of rotatable bonds is 8. The van der Waals surface area contributed by atoms with Gasteiger partial charge in [-0.1, -0.05) is 0 Å². The van der Waals surface area contributed by atoms with Gasteiger partial charge in [-0.15, -0.1) is 0 Å². The van der Waals surface area contributed by atoms with Gasteiger partial charge in [0.15, 0.2) is 11.5 Å². The lowest BCUT2D eigenvalue weighted by molar-refractivity contribution is 0.0934. The van der Waals surface area contributed by atoms with Crippen molar-refractivity contribution in [3.05, 3.63) is 35.2 Å². The molecule has 2 N–H and O–H groups in total. The molecule has 0 saturated carbocycles. The average Bonchev–Trinajstić information content (AvgIpc) is 3.43. The number of benzene rings is 1. The zero-order valence-electron chi connectivity index (χ0n) is 17.4. The Hall–Kier alpha value is -2.78. The highest BCUT2D eigenvalue weighted by molar-refractivity contribution is 5.95. The highest BCUT2D eigenvalue weighted by atomic mass is 16.7. The molecule has 1 aromatic carbocycles. The second-order valence-electron chi connectivity index (χ2n) is 7.55. The summed E-state index contributed by atoms with van der Waals surface area (Å²) in [7, 11) is 3.25. The van der Waals surface area contributed by atoms with E-state index in [-0.39, 0.29) is 18.6 Å². The predicted molar refractivity (Wildman–Crippen MR) is 109 cm³/mol. The van der Waals surface area contributed by atoms with Crippen molar-refractivity contribution in [2.45, 2.75) is 25.3 Å². The number of likely N-dealkylation sites (tertiary alicyclic amines) is 1. The van der Waals surface area contributed by atoms with E-state index in [9.17, 15) is 4.79 Å². The maximum atomic E-state index is 12.5. The van der Waals surface area contributed by atoms with Gasteiger partial charge < -0.3 is 24.3 Å². The Bertz CT molecular complexity index is 884. The molecule has 0 aliphatic carbocycles. The first-order chi connectivity index (χ1) is 14.7. The number of aromatic amines is 1. The first-order valence-electron chi connectivity index (χ1n) is 10.2. The number of hydrogen-bond donors (Lipinski definition) is 2. The van der Waals surface area contributed by atoms with Crippen LogP contribution in [0.5, 0.6) is 17.2 Å². The first-order valence-corrected chi connectivity index (χ1v) is 10.2. The molecule has 4 rings (SSSR count). The van der Waals surface area contributed by atoms with Crippen LogP contribution in [0.15, 0.2) is 18.3 Å². The van der Waals surface area contributed by atoms with E-state index in [0.29, 0.717) is 30.2 Å². The average molecular weight is 416 g/mol. The van der Waals surface area contributed by atoms with Crippen molar-refractivity contribution in [1.82, 2.24) is 20.4 Å². The van der Waals surface area contributed by atoms with Crippen molar-refractivity contribution in [3.63, 3.8) is 0 Å². The van der Waals surface area contributed by atoms with Gasteiger partial charge in [-0.3, -0.25) is 14.8 Å². The van der Waals surface area contributed by atoms with E-state index in [1.54, 1.807) is 20.4 Å². The summed E-state index contributed by atoms with van der Waals surface area (Å²) in [5, 5.41) is 10.1. The Morgan fingerprint density at radius 2 is 2.27 bits per heavy atom. The molecule has 1 fully saturated rings. The Morgan fingerprint density at radius 1 is 1.37 bits per heavy atom. The number of carbonyl (C=O) groups excluding carboxylic acids is 1. The van der Waals surface area contributed by atoms with Crippen LogP contribution in [-0.4, -0.2) is 68.3 Å². The van der Waals surface area contributed by atoms with Crippen LogP contribution in [-0.2, 0) is 11.3 Å². The number of nitrogens with zero attached hydrogens (tertiary/aromatic N) is 2. The summed E-state index contributed by atoms with van der Waals surface area (Å²) in [4.78, 5) is 14.9. The fourth-order valence-electron chi connectivity index (χ4n) is 4.12. The fourth-order valence-corrected chi connectivity index (χ4v) is 4.12. The lowest BCUT2D eigenvalue weighted by Gasteiger charge is -2.32. The van der Waals surface area contributed by atoms with Crippen LogP contribution in [0.4, 0.5) is 0 Å². The molecule has 9 heteroatoms. The number of fused-ring (bicyclic) bond motifs is 1. The Kier molecular flexibility index (Phi) is 6.39. The monoisotopic (exact) mass is 416 g/mol. The van der Waals surface area contributed by atoms with Crippen LogP contribution >= 0.6 is 0 Å². The van der Waals surface area contributed by atoms with Gasteiger partial charge >= 0.3 is 0 Å². The zero-order chi connectivity index (χ0) is 20.9. The van der Waals surface area contributed by atoms with Gasteiger partial charge in [-0.25, -0.2) is 0 Å². The van der Waals surface area contributed by atoms with Crippen molar-refractivity contribution >= 4 is 5.91 Å². The van der Waals surface area contributed by atoms with Gasteiger partial charge in [0.1, 0.15) is 0 Å². The fraction of sp³-hybridized carbons (Fsp3) is 0.524. The van der Waals surface area contributed by atoms with Crippen LogP contribution in [0.3, 0.4) is 0 Å². The van der Waals surface area contributed by atoms with Crippen molar-refractivity contribution < 1.29 is 23.7 Å². The molecule has 2 aliphatic heterocycles. The molecule has 1 atom stereocenters. The van der Waals surface area contributed by atoms with Crippen LogP contribution in [0, 0.1) is 0 Å². The van der Waals surface area contributed by atoms with Crippen LogP contribution < -0.4 is 19.5 Å². The quantitative estimate of drug-likeness (QED) is 0.634. The second-order valence-corrected chi connectivity index (χ2v) is 7.55. The van der Waals surface area contributed by atoms with Gasteiger partial charge in [0.05, 0.1) is 31.2 Å². The largest absolute Gasteiger partial charge is 0.493 e. The number of nitrogens with one attached hydrogen (secondary N) is 2.